The Hall–Kier alpha value is -1.13. The zero-order valence-electron chi connectivity index (χ0n) is 13.3. The standard InChI is InChI=1S/C16H28N4/c1-13(2)18-11-15-5-6-17-12-16(15)20-9-7-19(8-10-20)14(3)4/h5-6,12-14,18H,7-11H2,1-4H3. The van der Waals surface area contributed by atoms with Gasteiger partial charge >= 0.3 is 0 Å². The maximum Gasteiger partial charge on any atom is 0.0599 e. The molecule has 0 unspecified atom stereocenters. The van der Waals surface area contributed by atoms with Crippen LogP contribution in [0.15, 0.2) is 18.5 Å². The number of anilines is 1. The molecule has 1 aliphatic rings. The molecule has 2 rings (SSSR count). The highest BCUT2D eigenvalue weighted by Crippen LogP contribution is 2.21. The molecule has 1 saturated heterocycles. The summed E-state index contributed by atoms with van der Waals surface area (Å²) in [7, 11) is 0. The first kappa shape index (κ1) is 15.3. The number of pyridine rings is 1. The maximum absolute atomic E-state index is 4.32. The molecular weight excluding hydrogens is 248 g/mol. The van der Waals surface area contributed by atoms with Gasteiger partial charge < -0.3 is 10.2 Å². The maximum atomic E-state index is 4.32. The summed E-state index contributed by atoms with van der Waals surface area (Å²) in [6.07, 6.45) is 3.91. The van der Waals surface area contributed by atoms with E-state index in [9.17, 15) is 0 Å². The third-order valence-electron chi connectivity index (χ3n) is 3.97. The van der Waals surface area contributed by atoms with Crippen LogP contribution in [0.1, 0.15) is 33.3 Å². The Morgan fingerprint density at radius 3 is 2.45 bits per heavy atom. The van der Waals surface area contributed by atoms with Gasteiger partial charge in [0.25, 0.3) is 0 Å². The van der Waals surface area contributed by atoms with Gasteiger partial charge in [-0.05, 0) is 25.5 Å². The summed E-state index contributed by atoms with van der Waals surface area (Å²) in [6, 6.07) is 3.29. The Morgan fingerprint density at radius 2 is 1.85 bits per heavy atom. The summed E-state index contributed by atoms with van der Waals surface area (Å²) in [5.41, 5.74) is 2.65. The Labute approximate surface area is 123 Å². The molecule has 0 spiro atoms. The van der Waals surface area contributed by atoms with Gasteiger partial charge in [0.15, 0.2) is 0 Å². The van der Waals surface area contributed by atoms with Gasteiger partial charge in [-0.2, -0.15) is 0 Å². The van der Waals surface area contributed by atoms with Crippen molar-refractivity contribution in [2.75, 3.05) is 31.1 Å². The van der Waals surface area contributed by atoms with Crippen LogP contribution in [0.5, 0.6) is 0 Å². The summed E-state index contributed by atoms with van der Waals surface area (Å²) in [6.45, 7) is 14.3. The molecule has 1 aliphatic heterocycles. The van der Waals surface area contributed by atoms with E-state index in [-0.39, 0.29) is 0 Å². The van der Waals surface area contributed by atoms with Crippen molar-refractivity contribution in [2.45, 2.75) is 46.3 Å². The molecule has 112 valence electrons. The van der Waals surface area contributed by atoms with Crippen molar-refractivity contribution in [3.8, 4) is 0 Å². The minimum Gasteiger partial charge on any atom is -0.367 e. The summed E-state index contributed by atoms with van der Waals surface area (Å²) in [5, 5.41) is 3.50. The van der Waals surface area contributed by atoms with Crippen LogP contribution in [0.25, 0.3) is 0 Å². The number of hydrogen-bond acceptors (Lipinski definition) is 4. The highest BCUT2D eigenvalue weighted by Gasteiger charge is 2.20. The van der Waals surface area contributed by atoms with Crippen LogP contribution in [0.2, 0.25) is 0 Å². The van der Waals surface area contributed by atoms with E-state index in [0.29, 0.717) is 12.1 Å². The van der Waals surface area contributed by atoms with E-state index in [0.717, 1.165) is 32.7 Å². The molecule has 0 aliphatic carbocycles. The number of piperazine rings is 1. The summed E-state index contributed by atoms with van der Waals surface area (Å²) in [4.78, 5) is 9.33. The third-order valence-corrected chi connectivity index (χ3v) is 3.97. The molecule has 1 aromatic rings. The van der Waals surface area contributed by atoms with Crippen molar-refractivity contribution in [1.29, 1.82) is 0 Å². The van der Waals surface area contributed by atoms with Gasteiger partial charge in [-0.1, -0.05) is 13.8 Å². The second kappa shape index (κ2) is 7.04. The van der Waals surface area contributed by atoms with Gasteiger partial charge in [0, 0.05) is 51.0 Å². The monoisotopic (exact) mass is 276 g/mol. The molecule has 20 heavy (non-hydrogen) atoms. The van der Waals surface area contributed by atoms with Crippen molar-refractivity contribution >= 4 is 5.69 Å². The highest BCUT2D eigenvalue weighted by molar-refractivity contribution is 5.52. The third kappa shape index (κ3) is 3.93. The van der Waals surface area contributed by atoms with E-state index in [1.54, 1.807) is 0 Å². The minimum atomic E-state index is 0.508. The first-order valence-electron chi connectivity index (χ1n) is 7.73. The Balaban J connectivity index is 2.02. The molecule has 0 aromatic carbocycles. The van der Waals surface area contributed by atoms with Crippen LogP contribution < -0.4 is 10.2 Å². The smallest absolute Gasteiger partial charge is 0.0599 e. The number of hydrogen-bond donors (Lipinski definition) is 1. The summed E-state index contributed by atoms with van der Waals surface area (Å²) < 4.78 is 0. The Kier molecular flexibility index (Phi) is 5.38. The topological polar surface area (TPSA) is 31.4 Å². The average molecular weight is 276 g/mol. The lowest BCUT2D eigenvalue weighted by Gasteiger charge is -2.38. The van der Waals surface area contributed by atoms with Crippen molar-refractivity contribution in [1.82, 2.24) is 15.2 Å². The SMILES string of the molecule is CC(C)NCc1ccncc1N1CCN(C(C)C)CC1. The molecule has 1 aromatic heterocycles. The molecular formula is C16H28N4. The van der Waals surface area contributed by atoms with Crippen molar-refractivity contribution in [3.05, 3.63) is 24.0 Å². The molecule has 2 heterocycles. The normalized spacial score (nSPS) is 17.2. The number of rotatable bonds is 5. The lowest BCUT2D eigenvalue weighted by Crippen LogP contribution is -2.49. The van der Waals surface area contributed by atoms with E-state index in [4.69, 9.17) is 0 Å². The van der Waals surface area contributed by atoms with E-state index in [2.05, 4.69) is 53.9 Å². The first-order valence-corrected chi connectivity index (χ1v) is 7.73. The quantitative estimate of drug-likeness (QED) is 0.892. The van der Waals surface area contributed by atoms with Gasteiger partial charge in [-0.25, -0.2) is 0 Å². The van der Waals surface area contributed by atoms with Crippen LogP contribution in [-0.4, -0.2) is 48.1 Å². The predicted molar refractivity (Wildman–Crippen MR) is 85.1 cm³/mol. The van der Waals surface area contributed by atoms with Crippen LogP contribution in [0.3, 0.4) is 0 Å². The van der Waals surface area contributed by atoms with Crippen molar-refractivity contribution < 1.29 is 0 Å². The minimum absolute atomic E-state index is 0.508. The van der Waals surface area contributed by atoms with Crippen molar-refractivity contribution in [3.63, 3.8) is 0 Å². The van der Waals surface area contributed by atoms with E-state index in [1.165, 1.54) is 11.3 Å². The van der Waals surface area contributed by atoms with Gasteiger partial charge in [-0.3, -0.25) is 9.88 Å². The highest BCUT2D eigenvalue weighted by atomic mass is 15.3. The van der Waals surface area contributed by atoms with Crippen molar-refractivity contribution in [2.24, 2.45) is 0 Å². The molecule has 0 amide bonds. The molecule has 1 fully saturated rings. The predicted octanol–water partition coefficient (Wildman–Crippen LogP) is 2.11. The molecule has 0 saturated carbocycles. The van der Waals surface area contributed by atoms with Gasteiger partial charge in [0.05, 0.1) is 11.9 Å². The van der Waals surface area contributed by atoms with E-state index < -0.39 is 0 Å². The van der Waals surface area contributed by atoms with Gasteiger partial charge in [0.2, 0.25) is 0 Å². The first-order chi connectivity index (χ1) is 9.58. The van der Waals surface area contributed by atoms with E-state index >= 15 is 0 Å². The number of nitrogens with one attached hydrogen (secondary N) is 1. The average Bonchev–Trinajstić information content (AvgIpc) is 2.45. The Morgan fingerprint density at radius 1 is 1.15 bits per heavy atom. The fourth-order valence-corrected chi connectivity index (χ4v) is 2.64. The zero-order valence-corrected chi connectivity index (χ0v) is 13.3. The van der Waals surface area contributed by atoms with Crippen LogP contribution in [-0.2, 0) is 6.54 Å². The Bertz CT molecular complexity index is 409. The molecule has 0 bridgehead atoms. The van der Waals surface area contributed by atoms with Crippen LogP contribution in [0.4, 0.5) is 5.69 Å². The van der Waals surface area contributed by atoms with E-state index in [1.807, 2.05) is 12.4 Å². The lowest BCUT2D eigenvalue weighted by atomic mass is 10.1. The number of aromatic nitrogens is 1. The number of nitrogens with zero attached hydrogens (tertiary/aromatic N) is 3. The lowest BCUT2D eigenvalue weighted by molar-refractivity contribution is 0.209. The molecule has 0 radical (unpaired) electrons. The molecule has 4 nitrogen and oxygen atoms in total. The van der Waals surface area contributed by atoms with Crippen LogP contribution in [0, 0.1) is 0 Å². The fraction of sp³-hybridized carbons (Fsp3) is 0.688. The summed E-state index contributed by atoms with van der Waals surface area (Å²) in [5.74, 6) is 0. The van der Waals surface area contributed by atoms with Crippen LogP contribution >= 0.6 is 0 Å². The second-order valence-corrected chi connectivity index (χ2v) is 6.16. The zero-order chi connectivity index (χ0) is 14.5. The second-order valence-electron chi connectivity index (χ2n) is 6.16. The van der Waals surface area contributed by atoms with Gasteiger partial charge in [-0.15, -0.1) is 0 Å². The molecule has 4 heteroatoms. The largest absolute Gasteiger partial charge is 0.367 e. The van der Waals surface area contributed by atoms with Gasteiger partial charge in [0.1, 0.15) is 0 Å². The summed E-state index contributed by atoms with van der Waals surface area (Å²) >= 11 is 0. The fourth-order valence-electron chi connectivity index (χ4n) is 2.64. The molecule has 0 atom stereocenters. The molecule has 1 N–H and O–H groups in total.